The summed E-state index contributed by atoms with van der Waals surface area (Å²) in [4.78, 5) is 12.6. The summed E-state index contributed by atoms with van der Waals surface area (Å²) in [5.41, 5.74) is 4.58. The van der Waals surface area contributed by atoms with Crippen LogP contribution in [0.4, 0.5) is 4.79 Å². The molecular weight excluding hydrogens is 430 g/mol. The van der Waals surface area contributed by atoms with E-state index in [-0.39, 0.29) is 19.1 Å². The maximum absolute atomic E-state index is 12.6. The van der Waals surface area contributed by atoms with Crippen LogP contribution < -0.4 is 5.32 Å². The second-order valence-electron chi connectivity index (χ2n) is 7.45. The van der Waals surface area contributed by atoms with E-state index < -0.39 is 11.6 Å². The predicted octanol–water partition coefficient (Wildman–Crippen LogP) is 5.20. The van der Waals surface area contributed by atoms with Crippen LogP contribution in [0.3, 0.4) is 0 Å². The number of hydrogen-bond donors (Lipinski definition) is 2. The molecule has 0 aliphatic heterocycles. The average molecular weight is 452 g/mol. The van der Waals surface area contributed by atoms with E-state index in [4.69, 9.17) is 4.74 Å². The molecule has 29 heavy (non-hydrogen) atoms. The van der Waals surface area contributed by atoms with Gasteiger partial charge in [0.25, 0.3) is 0 Å². The Bertz CT molecular complexity index is 989. The van der Waals surface area contributed by atoms with Crippen molar-refractivity contribution in [2.24, 2.45) is 0 Å². The molecule has 0 radical (unpaired) electrons. The maximum atomic E-state index is 12.6. The van der Waals surface area contributed by atoms with Gasteiger partial charge in [0.05, 0.1) is 12.1 Å². The molecule has 0 heterocycles. The molecule has 0 saturated heterocycles. The first-order valence-electron chi connectivity index (χ1n) is 9.52. The normalized spacial score (nSPS) is 14.6. The van der Waals surface area contributed by atoms with E-state index >= 15 is 0 Å². The third-order valence-electron chi connectivity index (χ3n) is 5.52. The van der Waals surface area contributed by atoms with E-state index in [9.17, 15) is 9.90 Å². The largest absolute Gasteiger partial charge is 0.449 e. The monoisotopic (exact) mass is 451 g/mol. The lowest BCUT2D eigenvalue weighted by molar-refractivity contribution is 0.114. The number of rotatable bonds is 5. The van der Waals surface area contributed by atoms with E-state index in [0.29, 0.717) is 0 Å². The van der Waals surface area contributed by atoms with Crippen LogP contribution in [-0.4, -0.2) is 24.4 Å². The van der Waals surface area contributed by atoms with Gasteiger partial charge in [-0.3, -0.25) is 0 Å². The Morgan fingerprint density at radius 1 is 1.00 bits per heavy atom. The van der Waals surface area contributed by atoms with Crippen molar-refractivity contribution in [1.29, 1.82) is 0 Å². The number of amides is 1. The Kier molecular flexibility index (Phi) is 5.43. The highest BCUT2D eigenvalue weighted by Gasteiger charge is 2.31. The number of carbonyl (C=O) groups excluding carboxylic acids is 1. The van der Waals surface area contributed by atoms with Gasteiger partial charge in [-0.1, -0.05) is 76.6 Å². The molecule has 3 aromatic rings. The van der Waals surface area contributed by atoms with Crippen LogP contribution in [0.25, 0.3) is 11.1 Å². The van der Waals surface area contributed by atoms with Crippen LogP contribution in [0.15, 0.2) is 77.3 Å². The number of ether oxygens (including phenoxy) is 1. The number of benzene rings is 3. The molecule has 5 heteroatoms. The molecule has 3 aromatic carbocycles. The van der Waals surface area contributed by atoms with Gasteiger partial charge in [0.1, 0.15) is 6.61 Å². The first kappa shape index (κ1) is 19.7. The molecule has 0 saturated carbocycles. The van der Waals surface area contributed by atoms with Crippen molar-refractivity contribution in [2.75, 3.05) is 13.2 Å². The van der Waals surface area contributed by atoms with Crippen molar-refractivity contribution in [1.82, 2.24) is 5.32 Å². The lowest BCUT2D eigenvalue weighted by Gasteiger charge is -2.29. The number of carbonyl (C=O) groups is 1. The van der Waals surface area contributed by atoms with Crippen molar-refractivity contribution < 1.29 is 14.6 Å². The Morgan fingerprint density at radius 3 is 2.10 bits per heavy atom. The number of nitrogens with one attached hydrogen (secondary N) is 1. The number of alkyl carbamates (subject to hydrolysis) is 1. The molecule has 0 aromatic heterocycles. The van der Waals surface area contributed by atoms with Crippen LogP contribution in [0, 0.1) is 0 Å². The number of hydrogen-bond acceptors (Lipinski definition) is 3. The van der Waals surface area contributed by atoms with Crippen molar-refractivity contribution in [2.45, 2.75) is 18.4 Å². The zero-order valence-corrected chi connectivity index (χ0v) is 17.6. The Balaban J connectivity index is 1.49. The second kappa shape index (κ2) is 8.01. The molecule has 1 aliphatic carbocycles. The Hall–Kier alpha value is -2.63. The minimum atomic E-state index is -0.927. The first-order chi connectivity index (χ1) is 14.0. The number of aliphatic hydroxyl groups is 1. The molecular formula is C24H22BrNO3. The summed E-state index contributed by atoms with van der Waals surface area (Å²) in [6.07, 6.45) is -0.550. The van der Waals surface area contributed by atoms with Crippen LogP contribution in [-0.2, 0) is 10.3 Å². The summed E-state index contributed by atoms with van der Waals surface area (Å²) in [7, 11) is 0. The number of aliphatic hydroxyl groups excluding tert-OH is 1. The third kappa shape index (κ3) is 3.80. The topological polar surface area (TPSA) is 58.6 Å². The number of halogens is 1. The summed E-state index contributed by atoms with van der Waals surface area (Å²) >= 11 is 3.40. The molecule has 0 fully saturated rings. The fraction of sp³-hybridized carbons (Fsp3) is 0.208. The highest BCUT2D eigenvalue weighted by Crippen LogP contribution is 2.44. The van der Waals surface area contributed by atoms with Gasteiger partial charge in [0.15, 0.2) is 0 Å². The molecule has 4 nitrogen and oxygen atoms in total. The van der Waals surface area contributed by atoms with E-state index in [1.165, 1.54) is 22.3 Å². The van der Waals surface area contributed by atoms with Gasteiger partial charge in [-0.05, 0) is 46.9 Å². The minimum absolute atomic E-state index is 0.00112. The Labute approximate surface area is 178 Å². The van der Waals surface area contributed by atoms with Crippen LogP contribution in [0.2, 0.25) is 0 Å². The summed E-state index contributed by atoms with van der Waals surface area (Å²) < 4.78 is 6.55. The first-order valence-corrected chi connectivity index (χ1v) is 10.3. The van der Waals surface area contributed by atoms with Gasteiger partial charge >= 0.3 is 6.09 Å². The summed E-state index contributed by atoms with van der Waals surface area (Å²) in [6.45, 7) is 1.78. The average Bonchev–Trinajstić information content (AvgIpc) is 3.06. The Morgan fingerprint density at radius 2 is 1.55 bits per heavy atom. The zero-order valence-electron chi connectivity index (χ0n) is 16.1. The predicted molar refractivity (Wildman–Crippen MR) is 117 cm³/mol. The van der Waals surface area contributed by atoms with E-state index in [2.05, 4.69) is 45.5 Å². The van der Waals surface area contributed by atoms with Crippen LogP contribution >= 0.6 is 15.9 Å². The maximum Gasteiger partial charge on any atom is 0.407 e. The smallest absolute Gasteiger partial charge is 0.407 e. The fourth-order valence-electron chi connectivity index (χ4n) is 3.88. The van der Waals surface area contributed by atoms with Gasteiger partial charge in [-0.2, -0.15) is 0 Å². The highest BCUT2D eigenvalue weighted by molar-refractivity contribution is 9.10. The molecule has 4 rings (SSSR count). The second-order valence-corrected chi connectivity index (χ2v) is 8.36. The van der Waals surface area contributed by atoms with Gasteiger partial charge in [-0.25, -0.2) is 4.79 Å². The highest BCUT2D eigenvalue weighted by atomic mass is 79.9. The van der Waals surface area contributed by atoms with Crippen molar-refractivity contribution >= 4 is 22.0 Å². The van der Waals surface area contributed by atoms with Gasteiger partial charge in [0, 0.05) is 10.4 Å². The molecule has 1 atom stereocenters. The van der Waals surface area contributed by atoms with Crippen LogP contribution in [0.5, 0.6) is 0 Å². The molecule has 1 aliphatic rings. The third-order valence-corrected chi connectivity index (χ3v) is 6.05. The molecule has 0 bridgehead atoms. The summed E-state index contributed by atoms with van der Waals surface area (Å²) in [5.74, 6) is 0.00112. The minimum Gasteiger partial charge on any atom is -0.449 e. The molecule has 1 unspecified atom stereocenters. The quantitative estimate of drug-likeness (QED) is 0.560. The van der Waals surface area contributed by atoms with Crippen molar-refractivity contribution in [3.05, 3.63) is 94.0 Å². The van der Waals surface area contributed by atoms with Gasteiger partial charge in [-0.15, -0.1) is 0 Å². The van der Waals surface area contributed by atoms with Crippen molar-refractivity contribution in [3.8, 4) is 11.1 Å². The summed E-state index contributed by atoms with van der Waals surface area (Å²) in [5, 5.41) is 12.7. The van der Waals surface area contributed by atoms with Crippen molar-refractivity contribution in [3.63, 3.8) is 0 Å². The van der Waals surface area contributed by atoms with E-state index in [1.54, 1.807) is 6.92 Å². The summed E-state index contributed by atoms with van der Waals surface area (Å²) in [6, 6.07) is 23.9. The number of fused-ring (bicyclic) bond motifs is 3. The standard InChI is InChI=1S/C24H22BrNO3/c1-24(15-27,16-10-12-17(25)13-11-16)26-23(28)29-14-22-20-8-4-2-6-18(20)19-7-3-5-9-21(19)22/h2-13,22,27H,14-15H2,1H3,(H,26,28). The fourth-order valence-corrected chi connectivity index (χ4v) is 4.14. The molecule has 1 amide bonds. The van der Waals surface area contributed by atoms with Crippen LogP contribution in [0.1, 0.15) is 29.5 Å². The van der Waals surface area contributed by atoms with E-state index in [1.807, 2.05) is 48.5 Å². The van der Waals surface area contributed by atoms with Gasteiger partial charge in [0.2, 0.25) is 0 Å². The SMILES string of the molecule is CC(CO)(NC(=O)OCC1c2ccccc2-c2ccccc21)c1ccc(Br)cc1. The van der Waals surface area contributed by atoms with Gasteiger partial charge < -0.3 is 15.2 Å². The van der Waals surface area contributed by atoms with E-state index in [0.717, 1.165) is 10.0 Å². The zero-order chi connectivity index (χ0) is 20.4. The molecule has 148 valence electrons. The molecule has 0 spiro atoms. The lowest BCUT2D eigenvalue weighted by atomic mass is 9.93. The lowest BCUT2D eigenvalue weighted by Crippen LogP contribution is -2.46. The molecule has 2 N–H and O–H groups in total.